The van der Waals surface area contributed by atoms with Gasteiger partial charge in [-0.05, 0) is 26.8 Å². The Morgan fingerprint density at radius 1 is 1.44 bits per heavy atom. The lowest BCUT2D eigenvalue weighted by molar-refractivity contribution is -0.153. The highest BCUT2D eigenvalue weighted by Crippen LogP contribution is 2.28. The maximum atomic E-state index is 11.5. The van der Waals surface area contributed by atoms with E-state index in [0.717, 1.165) is 17.6 Å². The highest BCUT2D eigenvalue weighted by atomic mass is 35.5. The van der Waals surface area contributed by atoms with Crippen LogP contribution in [0.2, 0.25) is 4.34 Å². The van der Waals surface area contributed by atoms with Crippen LogP contribution in [0.25, 0.3) is 0 Å². The van der Waals surface area contributed by atoms with Gasteiger partial charge in [-0.2, -0.15) is 0 Å². The summed E-state index contributed by atoms with van der Waals surface area (Å²) in [5, 5.41) is 15.0. The summed E-state index contributed by atoms with van der Waals surface area (Å²) in [6.45, 7) is 5.21. The van der Waals surface area contributed by atoms with E-state index in [9.17, 15) is 14.4 Å². The molecule has 0 fully saturated rings. The number of hydrogen-bond acceptors (Lipinski definition) is 8. The van der Waals surface area contributed by atoms with Crippen LogP contribution in [0.15, 0.2) is 17.5 Å². The molecule has 0 aliphatic carbocycles. The third-order valence-electron chi connectivity index (χ3n) is 2.20. The zero-order chi connectivity index (χ0) is 19.0. The fraction of sp³-hybridized carbons (Fsp3) is 0.357. The first-order chi connectivity index (χ1) is 11.6. The van der Waals surface area contributed by atoms with E-state index in [1.807, 2.05) is 0 Å². The molecule has 0 aromatic carbocycles. The summed E-state index contributed by atoms with van der Waals surface area (Å²) in [6.07, 6.45) is 2.67. The number of aliphatic carboxylic acids is 1. The Kier molecular flexibility index (Phi) is 7.52. The second-order valence-corrected chi connectivity index (χ2v) is 7.02. The summed E-state index contributed by atoms with van der Waals surface area (Å²) in [7, 11) is 0. The van der Waals surface area contributed by atoms with Crippen molar-refractivity contribution < 1.29 is 29.1 Å². The molecular formula is C14H16ClN3O6S. The van der Waals surface area contributed by atoms with Gasteiger partial charge in [-0.3, -0.25) is 9.59 Å². The maximum Gasteiger partial charge on any atom is 0.360 e. The second kappa shape index (κ2) is 9.14. The number of aromatic nitrogens is 1. The van der Waals surface area contributed by atoms with Crippen molar-refractivity contribution in [3.8, 4) is 0 Å². The van der Waals surface area contributed by atoms with Crippen molar-refractivity contribution in [2.75, 3.05) is 5.32 Å². The number of thiazole rings is 1. The molecule has 0 aliphatic heterocycles. The molecule has 0 atom stereocenters. The van der Waals surface area contributed by atoms with Crippen LogP contribution < -0.4 is 5.32 Å². The first kappa shape index (κ1) is 20.6. The van der Waals surface area contributed by atoms with E-state index in [1.54, 1.807) is 20.8 Å². The van der Waals surface area contributed by atoms with Crippen LogP contribution in [0.4, 0.5) is 5.13 Å². The maximum absolute atomic E-state index is 11.5. The monoisotopic (exact) mass is 389 g/mol. The number of halogens is 1. The first-order valence-corrected chi connectivity index (χ1v) is 8.04. The van der Waals surface area contributed by atoms with E-state index in [1.165, 1.54) is 6.08 Å². The van der Waals surface area contributed by atoms with Crippen LogP contribution in [-0.2, 0) is 24.0 Å². The molecule has 0 spiro atoms. The Morgan fingerprint density at radius 3 is 2.68 bits per heavy atom. The molecule has 1 rings (SSSR count). The molecule has 0 saturated carbocycles. The quantitative estimate of drug-likeness (QED) is 0.230. The summed E-state index contributed by atoms with van der Waals surface area (Å²) >= 11 is 6.75. The number of nitrogens with one attached hydrogen (secondary N) is 1. The smallest absolute Gasteiger partial charge is 0.360 e. The average Bonchev–Trinajstić information content (AvgIpc) is 2.81. The normalized spacial score (nSPS) is 12.1. The molecule has 1 aromatic rings. The Labute approximate surface area is 152 Å². The van der Waals surface area contributed by atoms with Crippen molar-refractivity contribution >= 4 is 52.1 Å². The topological polar surface area (TPSA) is 127 Å². The molecular weight excluding hydrogens is 374 g/mol. The lowest BCUT2D eigenvalue weighted by Gasteiger charge is -2.18. The minimum absolute atomic E-state index is 0.0202. The van der Waals surface area contributed by atoms with E-state index in [2.05, 4.69) is 15.5 Å². The lowest BCUT2D eigenvalue weighted by atomic mass is 10.2. The van der Waals surface area contributed by atoms with E-state index < -0.39 is 23.3 Å². The van der Waals surface area contributed by atoms with Crippen LogP contribution in [0.5, 0.6) is 0 Å². The summed E-state index contributed by atoms with van der Waals surface area (Å²) in [5.74, 6) is -1.90. The van der Waals surface area contributed by atoms with E-state index in [4.69, 9.17) is 26.3 Å². The predicted octanol–water partition coefficient (Wildman–Crippen LogP) is 2.42. The van der Waals surface area contributed by atoms with Gasteiger partial charge in [-0.25, -0.2) is 9.78 Å². The van der Waals surface area contributed by atoms with E-state index in [-0.39, 0.29) is 21.6 Å². The molecule has 9 nitrogen and oxygen atoms in total. The largest absolute Gasteiger partial charge is 0.476 e. The molecule has 0 bridgehead atoms. The number of anilines is 1. The minimum atomic E-state index is -1.43. The summed E-state index contributed by atoms with van der Waals surface area (Å²) in [5.41, 5.74) is -1.30. The average molecular weight is 390 g/mol. The molecule has 1 aromatic heterocycles. The number of carboxylic acids is 1. The SMILES string of the molecule is CC(C)(C)OC(=O)CC=CON=C(C(=O)O)c1nc(NC=O)sc1Cl. The third kappa shape index (κ3) is 7.31. The molecule has 0 aliphatic rings. The van der Waals surface area contributed by atoms with Gasteiger partial charge in [0.2, 0.25) is 12.1 Å². The number of oxime groups is 1. The number of carbonyl (C=O) groups is 3. The number of carbonyl (C=O) groups excluding carboxylic acids is 2. The standard InChI is InChI=1S/C14H16ClN3O6S/c1-14(2,3)24-8(20)5-4-6-23-18-10(12(21)22)9-11(15)25-13(17-9)16-7-19/h4,6-7H,5H2,1-3H3,(H,21,22)(H,16,17,19). The summed E-state index contributed by atoms with van der Waals surface area (Å²) in [4.78, 5) is 41.7. The zero-order valence-electron chi connectivity index (χ0n) is 13.6. The first-order valence-electron chi connectivity index (χ1n) is 6.85. The molecule has 11 heteroatoms. The van der Waals surface area contributed by atoms with Gasteiger partial charge in [0.15, 0.2) is 5.13 Å². The summed E-state index contributed by atoms with van der Waals surface area (Å²) in [6, 6.07) is 0. The Hall–Kier alpha value is -2.46. The van der Waals surface area contributed by atoms with Crippen LogP contribution in [0, 0.1) is 0 Å². The minimum Gasteiger partial charge on any atom is -0.476 e. The van der Waals surface area contributed by atoms with Gasteiger partial charge in [0.25, 0.3) is 0 Å². The molecule has 136 valence electrons. The van der Waals surface area contributed by atoms with Gasteiger partial charge in [-0.1, -0.05) is 28.1 Å². The van der Waals surface area contributed by atoms with Gasteiger partial charge >= 0.3 is 11.9 Å². The van der Waals surface area contributed by atoms with Gasteiger partial charge in [0.05, 0.1) is 6.42 Å². The summed E-state index contributed by atoms with van der Waals surface area (Å²) < 4.78 is 5.10. The van der Waals surface area contributed by atoms with Crippen LogP contribution >= 0.6 is 22.9 Å². The second-order valence-electron chi connectivity index (χ2n) is 5.42. The van der Waals surface area contributed by atoms with Crippen molar-refractivity contribution in [2.24, 2.45) is 5.16 Å². The van der Waals surface area contributed by atoms with Crippen molar-refractivity contribution in [3.63, 3.8) is 0 Å². The highest BCUT2D eigenvalue weighted by Gasteiger charge is 2.22. The molecule has 0 unspecified atom stereocenters. The van der Waals surface area contributed by atoms with Gasteiger partial charge in [0, 0.05) is 0 Å². The number of amides is 1. The van der Waals surface area contributed by atoms with Crippen molar-refractivity contribution in [2.45, 2.75) is 32.8 Å². The number of carboxylic acid groups (broad SMARTS) is 1. The van der Waals surface area contributed by atoms with Gasteiger partial charge < -0.3 is 20.0 Å². The molecule has 0 radical (unpaired) electrons. The highest BCUT2D eigenvalue weighted by molar-refractivity contribution is 7.20. The lowest BCUT2D eigenvalue weighted by Crippen LogP contribution is -2.23. The van der Waals surface area contributed by atoms with Gasteiger partial charge in [-0.15, -0.1) is 0 Å². The Balaban J connectivity index is 2.74. The van der Waals surface area contributed by atoms with Gasteiger partial charge in [0.1, 0.15) is 21.9 Å². The van der Waals surface area contributed by atoms with E-state index >= 15 is 0 Å². The van der Waals surface area contributed by atoms with Crippen molar-refractivity contribution in [1.29, 1.82) is 0 Å². The van der Waals surface area contributed by atoms with E-state index in [0.29, 0.717) is 6.41 Å². The fourth-order valence-corrected chi connectivity index (χ4v) is 2.40. The number of hydrogen-bond donors (Lipinski definition) is 2. The van der Waals surface area contributed by atoms with Crippen molar-refractivity contribution in [3.05, 3.63) is 22.4 Å². The molecule has 1 heterocycles. The van der Waals surface area contributed by atoms with Crippen LogP contribution in [-0.4, -0.2) is 39.8 Å². The predicted molar refractivity (Wildman–Crippen MR) is 91.7 cm³/mol. The van der Waals surface area contributed by atoms with Crippen molar-refractivity contribution in [1.82, 2.24) is 4.98 Å². The van der Waals surface area contributed by atoms with Crippen LogP contribution in [0.3, 0.4) is 0 Å². The molecule has 25 heavy (non-hydrogen) atoms. The Bertz CT molecular complexity index is 708. The fourth-order valence-electron chi connectivity index (χ4n) is 1.40. The molecule has 2 N–H and O–H groups in total. The molecule has 0 saturated heterocycles. The number of esters is 1. The number of ether oxygens (including phenoxy) is 1. The van der Waals surface area contributed by atoms with Crippen LogP contribution in [0.1, 0.15) is 32.9 Å². The zero-order valence-corrected chi connectivity index (χ0v) is 15.2. The number of rotatable bonds is 8. The third-order valence-corrected chi connectivity index (χ3v) is 3.39. The Morgan fingerprint density at radius 2 is 2.12 bits per heavy atom. The molecule has 1 amide bonds. The number of nitrogens with zero attached hydrogens (tertiary/aromatic N) is 2.